The molecule has 1 atom stereocenters. The number of aromatic nitrogens is 1. The van der Waals surface area contributed by atoms with Gasteiger partial charge in [-0.05, 0) is 44.6 Å². The predicted molar refractivity (Wildman–Crippen MR) is 77.3 cm³/mol. The standard InChI is InChI=1S/C15H23N3O2/c1-17(2)11-15(20)6-3-9-18(12-15)14(19)10-13-4-7-16-8-5-13/h4-5,7-8,20H,3,6,9-12H2,1-2H3/t15-/m1/s1. The van der Waals surface area contributed by atoms with Crippen LogP contribution in [0.2, 0.25) is 0 Å². The van der Waals surface area contributed by atoms with Crippen molar-refractivity contribution < 1.29 is 9.90 Å². The molecule has 1 N–H and O–H groups in total. The molecule has 0 bridgehead atoms. The predicted octanol–water partition coefficient (Wildman–Crippen LogP) is 0.539. The Morgan fingerprint density at radius 1 is 1.45 bits per heavy atom. The third-order valence-corrected chi connectivity index (χ3v) is 3.62. The SMILES string of the molecule is CN(C)C[C@]1(O)CCCN(C(=O)Cc2ccncc2)C1. The lowest BCUT2D eigenvalue weighted by Crippen LogP contribution is -2.55. The Balaban J connectivity index is 1.96. The number of likely N-dealkylation sites (tertiary alicyclic amines) is 1. The summed E-state index contributed by atoms with van der Waals surface area (Å²) in [5.74, 6) is 0.0769. The minimum Gasteiger partial charge on any atom is -0.387 e. The Hall–Kier alpha value is -1.46. The summed E-state index contributed by atoms with van der Waals surface area (Å²) >= 11 is 0. The summed E-state index contributed by atoms with van der Waals surface area (Å²) in [6, 6.07) is 3.71. The fourth-order valence-corrected chi connectivity index (χ4v) is 2.83. The normalized spacial score (nSPS) is 23.1. The van der Waals surface area contributed by atoms with Gasteiger partial charge in [0.2, 0.25) is 5.91 Å². The quantitative estimate of drug-likeness (QED) is 0.873. The van der Waals surface area contributed by atoms with Gasteiger partial charge in [0, 0.05) is 25.5 Å². The monoisotopic (exact) mass is 277 g/mol. The van der Waals surface area contributed by atoms with Crippen molar-refractivity contribution in [2.45, 2.75) is 24.9 Å². The molecular weight excluding hydrogens is 254 g/mol. The number of rotatable bonds is 4. The molecule has 0 saturated carbocycles. The number of pyridine rings is 1. The first-order valence-corrected chi connectivity index (χ1v) is 7.02. The highest BCUT2D eigenvalue weighted by atomic mass is 16.3. The van der Waals surface area contributed by atoms with Crippen LogP contribution in [0.25, 0.3) is 0 Å². The van der Waals surface area contributed by atoms with E-state index in [2.05, 4.69) is 4.98 Å². The van der Waals surface area contributed by atoms with E-state index in [1.807, 2.05) is 31.1 Å². The van der Waals surface area contributed by atoms with Crippen LogP contribution in [0, 0.1) is 0 Å². The Labute approximate surface area is 120 Å². The summed E-state index contributed by atoms with van der Waals surface area (Å²) in [4.78, 5) is 20.0. The number of β-amino-alcohol motifs (C(OH)–C–C–N with tert-alkyl or cyclic N) is 1. The molecule has 1 aromatic heterocycles. The molecule has 5 heteroatoms. The third kappa shape index (κ3) is 4.02. The van der Waals surface area contributed by atoms with Crippen molar-refractivity contribution >= 4 is 5.91 Å². The Kier molecular flexibility index (Phi) is 4.73. The number of nitrogens with zero attached hydrogens (tertiary/aromatic N) is 3. The summed E-state index contributed by atoms with van der Waals surface area (Å²) in [5.41, 5.74) is 0.182. The highest BCUT2D eigenvalue weighted by molar-refractivity contribution is 5.78. The Bertz CT molecular complexity index is 450. The number of carbonyl (C=O) groups is 1. The average molecular weight is 277 g/mol. The zero-order valence-corrected chi connectivity index (χ0v) is 12.2. The van der Waals surface area contributed by atoms with Gasteiger partial charge in [0.1, 0.15) is 0 Å². The highest BCUT2D eigenvalue weighted by Crippen LogP contribution is 2.22. The van der Waals surface area contributed by atoms with Crippen LogP contribution >= 0.6 is 0 Å². The maximum Gasteiger partial charge on any atom is 0.227 e. The van der Waals surface area contributed by atoms with Gasteiger partial charge in [0.15, 0.2) is 0 Å². The second-order valence-electron chi connectivity index (χ2n) is 5.91. The van der Waals surface area contributed by atoms with Crippen LogP contribution in [0.4, 0.5) is 0 Å². The van der Waals surface area contributed by atoms with Gasteiger partial charge in [-0.15, -0.1) is 0 Å². The van der Waals surface area contributed by atoms with Gasteiger partial charge in [-0.2, -0.15) is 0 Å². The number of piperidine rings is 1. The maximum absolute atomic E-state index is 12.3. The molecule has 1 aliphatic rings. The second-order valence-corrected chi connectivity index (χ2v) is 5.91. The van der Waals surface area contributed by atoms with Crippen molar-refractivity contribution in [3.05, 3.63) is 30.1 Å². The molecule has 1 amide bonds. The van der Waals surface area contributed by atoms with E-state index in [1.54, 1.807) is 17.3 Å². The van der Waals surface area contributed by atoms with Gasteiger partial charge in [0.25, 0.3) is 0 Å². The number of hydrogen-bond donors (Lipinski definition) is 1. The van der Waals surface area contributed by atoms with Crippen molar-refractivity contribution in [3.8, 4) is 0 Å². The maximum atomic E-state index is 12.3. The lowest BCUT2D eigenvalue weighted by Gasteiger charge is -2.40. The molecule has 1 aromatic rings. The van der Waals surface area contributed by atoms with Crippen LogP contribution in [-0.4, -0.2) is 65.1 Å². The van der Waals surface area contributed by atoms with E-state index in [4.69, 9.17) is 0 Å². The van der Waals surface area contributed by atoms with E-state index in [-0.39, 0.29) is 5.91 Å². The van der Waals surface area contributed by atoms with Crippen molar-refractivity contribution in [3.63, 3.8) is 0 Å². The van der Waals surface area contributed by atoms with Crippen LogP contribution in [0.5, 0.6) is 0 Å². The number of hydrogen-bond acceptors (Lipinski definition) is 4. The molecule has 1 fully saturated rings. The zero-order chi connectivity index (χ0) is 14.6. The van der Waals surface area contributed by atoms with E-state index < -0.39 is 5.60 Å². The van der Waals surface area contributed by atoms with Gasteiger partial charge in [-0.1, -0.05) is 0 Å². The van der Waals surface area contributed by atoms with E-state index in [0.717, 1.165) is 24.9 Å². The first-order chi connectivity index (χ1) is 9.48. The molecule has 5 nitrogen and oxygen atoms in total. The lowest BCUT2D eigenvalue weighted by atomic mass is 9.92. The molecule has 1 aliphatic heterocycles. The van der Waals surface area contributed by atoms with Gasteiger partial charge in [0.05, 0.1) is 18.6 Å². The van der Waals surface area contributed by atoms with Crippen molar-refractivity contribution in [1.82, 2.24) is 14.8 Å². The number of carbonyl (C=O) groups excluding carboxylic acids is 1. The Morgan fingerprint density at radius 2 is 2.15 bits per heavy atom. The summed E-state index contributed by atoms with van der Waals surface area (Å²) in [7, 11) is 3.88. The van der Waals surface area contributed by atoms with E-state index in [1.165, 1.54) is 0 Å². The van der Waals surface area contributed by atoms with Crippen molar-refractivity contribution in [2.75, 3.05) is 33.7 Å². The fraction of sp³-hybridized carbons (Fsp3) is 0.600. The topological polar surface area (TPSA) is 56.7 Å². The van der Waals surface area contributed by atoms with Gasteiger partial charge < -0.3 is 14.9 Å². The summed E-state index contributed by atoms with van der Waals surface area (Å²) < 4.78 is 0. The largest absolute Gasteiger partial charge is 0.387 e. The van der Waals surface area contributed by atoms with Gasteiger partial charge >= 0.3 is 0 Å². The molecule has 0 aromatic carbocycles. The summed E-state index contributed by atoms with van der Waals surface area (Å²) in [6.45, 7) is 1.75. The second kappa shape index (κ2) is 6.33. The fourth-order valence-electron chi connectivity index (χ4n) is 2.83. The van der Waals surface area contributed by atoms with Crippen molar-refractivity contribution in [2.24, 2.45) is 0 Å². The summed E-state index contributed by atoms with van der Waals surface area (Å²) in [6.07, 6.45) is 5.37. The molecule has 20 heavy (non-hydrogen) atoms. The molecule has 1 saturated heterocycles. The van der Waals surface area contributed by atoms with Gasteiger partial charge in [-0.25, -0.2) is 0 Å². The van der Waals surface area contributed by atoms with E-state index >= 15 is 0 Å². The van der Waals surface area contributed by atoms with Gasteiger partial charge in [-0.3, -0.25) is 9.78 Å². The highest BCUT2D eigenvalue weighted by Gasteiger charge is 2.35. The average Bonchev–Trinajstić information content (AvgIpc) is 2.38. The molecule has 110 valence electrons. The summed E-state index contributed by atoms with van der Waals surface area (Å²) in [5, 5.41) is 10.6. The smallest absolute Gasteiger partial charge is 0.227 e. The molecule has 0 aliphatic carbocycles. The third-order valence-electron chi connectivity index (χ3n) is 3.62. The molecule has 0 spiro atoms. The first-order valence-electron chi connectivity index (χ1n) is 7.02. The van der Waals surface area contributed by atoms with E-state index in [0.29, 0.717) is 19.5 Å². The molecule has 0 unspecified atom stereocenters. The van der Waals surface area contributed by atoms with Crippen molar-refractivity contribution in [1.29, 1.82) is 0 Å². The molecule has 0 radical (unpaired) electrons. The first kappa shape index (κ1) is 14.9. The van der Waals surface area contributed by atoms with Crippen LogP contribution < -0.4 is 0 Å². The lowest BCUT2D eigenvalue weighted by molar-refractivity contribution is -0.138. The number of amides is 1. The van der Waals surface area contributed by atoms with E-state index in [9.17, 15) is 9.90 Å². The molecular formula is C15H23N3O2. The molecule has 2 heterocycles. The van der Waals surface area contributed by atoms with Crippen LogP contribution in [-0.2, 0) is 11.2 Å². The number of likely N-dealkylation sites (N-methyl/N-ethyl adjacent to an activating group) is 1. The Morgan fingerprint density at radius 3 is 2.80 bits per heavy atom. The van der Waals surface area contributed by atoms with Crippen LogP contribution in [0.15, 0.2) is 24.5 Å². The minimum absolute atomic E-state index is 0.0769. The zero-order valence-electron chi connectivity index (χ0n) is 12.2. The van der Waals surface area contributed by atoms with Crippen LogP contribution in [0.3, 0.4) is 0 Å². The molecule has 2 rings (SSSR count). The number of aliphatic hydroxyl groups is 1. The minimum atomic E-state index is -0.782. The van der Waals surface area contributed by atoms with Crippen LogP contribution in [0.1, 0.15) is 18.4 Å².